The topological polar surface area (TPSA) is 46.3 Å². The molecule has 3 rings (SSSR count). The van der Waals surface area contributed by atoms with Gasteiger partial charge in [0.25, 0.3) is 0 Å². The van der Waals surface area contributed by atoms with Gasteiger partial charge in [0, 0.05) is 5.56 Å². The summed E-state index contributed by atoms with van der Waals surface area (Å²) >= 11 is 0. The van der Waals surface area contributed by atoms with E-state index in [1.165, 1.54) is 11.1 Å². The van der Waals surface area contributed by atoms with Gasteiger partial charge in [0.15, 0.2) is 5.58 Å². The van der Waals surface area contributed by atoms with Crippen molar-refractivity contribution in [3.8, 4) is 11.5 Å². The molecule has 2 aromatic carbocycles. The van der Waals surface area contributed by atoms with Crippen molar-refractivity contribution in [1.29, 1.82) is 0 Å². The van der Waals surface area contributed by atoms with Gasteiger partial charge in [-0.3, -0.25) is 0 Å². The molecule has 1 N–H and O–H groups in total. The summed E-state index contributed by atoms with van der Waals surface area (Å²) in [5.41, 5.74) is 5.79. The number of hydrogen-bond acceptors (Lipinski definition) is 3. The zero-order valence-corrected chi connectivity index (χ0v) is 11.0. The lowest BCUT2D eigenvalue weighted by Crippen LogP contribution is -1.83. The minimum absolute atomic E-state index is 0.00954. The summed E-state index contributed by atoms with van der Waals surface area (Å²) in [7, 11) is 0. The summed E-state index contributed by atoms with van der Waals surface area (Å²) in [5, 5.41) is 9.13. The first-order valence-corrected chi connectivity index (χ1v) is 6.25. The van der Waals surface area contributed by atoms with E-state index < -0.39 is 0 Å². The van der Waals surface area contributed by atoms with Gasteiger partial charge >= 0.3 is 0 Å². The Morgan fingerprint density at radius 2 is 1.89 bits per heavy atom. The van der Waals surface area contributed by atoms with Crippen molar-refractivity contribution in [3.63, 3.8) is 0 Å². The van der Waals surface area contributed by atoms with Crippen molar-refractivity contribution in [2.24, 2.45) is 0 Å². The Hall–Kier alpha value is -2.13. The van der Waals surface area contributed by atoms with Crippen molar-refractivity contribution in [1.82, 2.24) is 4.98 Å². The van der Waals surface area contributed by atoms with E-state index in [2.05, 4.69) is 31.0 Å². The molecule has 0 fully saturated rings. The predicted molar refractivity (Wildman–Crippen MR) is 74.8 cm³/mol. The van der Waals surface area contributed by atoms with E-state index in [0.717, 1.165) is 16.6 Å². The van der Waals surface area contributed by atoms with Crippen LogP contribution in [0.3, 0.4) is 0 Å². The highest BCUT2D eigenvalue weighted by Crippen LogP contribution is 2.26. The van der Waals surface area contributed by atoms with Crippen molar-refractivity contribution in [3.05, 3.63) is 53.1 Å². The van der Waals surface area contributed by atoms with Gasteiger partial charge in [0.05, 0.1) is 6.61 Å². The molecule has 96 valence electrons. The molecule has 0 amide bonds. The Balaban J connectivity index is 2.11. The number of aromatic nitrogens is 1. The largest absolute Gasteiger partial charge is 0.436 e. The average molecular weight is 253 g/mol. The lowest BCUT2D eigenvalue weighted by Gasteiger charge is -2.01. The third-order valence-electron chi connectivity index (χ3n) is 3.39. The zero-order valence-electron chi connectivity index (χ0n) is 11.0. The number of benzene rings is 2. The Kier molecular flexibility index (Phi) is 2.84. The van der Waals surface area contributed by atoms with Crippen LogP contribution in [-0.4, -0.2) is 10.1 Å². The summed E-state index contributed by atoms with van der Waals surface area (Å²) in [5.74, 6) is 0.619. The molecule has 3 heteroatoms. The number of oxazole rings is 1. The van der Waals surface area contributed by atoms with Crippen LogP contribution in [0.4, 0.5) is 0 Å². The van der Waals surface area contributed by atoms with Crippen LogP contribution in [0.1, 0.15) is 16.7 Å². The van der Waals surface area contributed by atoms with Crippen LogP contribution >= 0.6 is 0 Å². The highest BCUT2D eigenvalue weighted by atomic mass is 16.3. The van der Waals surface area contributed by atoms with E-state index in [1.54, 1.807) is 0 Å². The molecule has 3 aromatic rings. The standard InChI is InChI=1S/C16H15NO2/c1-10-3-5-13(7-11(10)2)16-17-14-6-4-12(9-18)8-15(14)19-16/h3-8,18H,9H2,1-2H3. The Labute approximate surface area is 111 Å². The van der Waals surface area contributed by atoms with Crippen molar-refractivity contribution >= 4 is 11.1 Å². The number of aliphatic hydroxyl groups excluding tert-OH is 1. The smallest absolute Gasteiger partial charge is 0.227 e. The Morgan fingerprint density at radius 3 is 2.63 bits per heavy atom. The van der Waals surface area contributed by atoms with Crippen LogP contribution in [0.5, 0.6) is 0 Å². The normalized spacial score (nSPS) is 11.1. The number of rotatable bonds is 2. The first-order valence-electron chi connectivity index (χ1n) is 6.25. The van der Waals surface area contributed by atoms with Crippen LogP contribution in [-0.2, 0) is 6.61 Å². The van der Waals surface area contributed by atoms with Crippen molar-refractivity contribution in [2.45, 2.75) is 20.5 Å². The van der Waals surface area contributed by atoms with E-state index in [1.807, 2.05) is 24.3 Å². The van der Waals surface area contributed by atoms with E-state index in [0.29, 0.717) is 11.5 Å². The van der Waals surface area contributed by atoms with E-state index in [9.17, 15) is 0 Å². The maximum Gasteiger partial charge on any atom is 0.227 e. The van der Waals surface area contributed by atoms with E-state index >= 15 is 0 Å². The molecule has 0 aliphatic rings. The van der Waals surface area contributed by atoms with Gasteiger partial charge in [0.1, 0.15) is 5.52 Å². The number of aryl methyl sites for hydroxylation is 2. The fourth-order valence-electron chi connectivity index (χ4n) is 2.07. The summed E-state index contributed by atoms with van der Waals surface area (Å²) in [6.07, 6.45) is 0. The lowest BCUT2D eigenvalue weighted by molar-refractivity contribution is 0.282. The van der Waals surface area contributed by atoms with Crippen LogP contribution < -0.4 is 0 Å². The molecule has 19 heavy (non-hydrogen) atoms. The molecule has 0 radical (unpaired) electrons. The zero-order chi connectivity index (χ0) is 13.4. The minimum Gasteiger partial charge on any atom is -0.436 e. The van der Waals surface area contributed by atoms with Crippen molar-refractivity contribution < 1.29 is 9.52 Å². The highest BCUT2D eigenvalue weighted by Gasteiger charge is 2.09. The molecule has 1 aromatic heterocycles. The molecule has 0 saturated heterocycles. The molecule has 0 unspecified atom stereocenters. The maximum absolute atomic E-state index is 9.13. The quantitative estimate of drug-likeness (QED) is 0.759. The molecule has 0 aliphatic heterocycles. The number of hydrogen-bond donors (Lipinski definition) is 1. The molecule has 0 atom stereocenters. The summed E-state index contributed by atoms with van der Waals surface area (Å²) in [6.45, 7) is 4.17. The first-order chi connectivity index (χ1) is 9.17. The van der Waals surface area contributed by atoms with Crippen LogP contribution in [0.15, 0.2) is 40.8 Å². The van der Waals surface area contributed by atoms with Crippen molar-refractivity contribution in [2.75, 3.05) is 0 Å². The van der Waals surface area contributed by atoms with Crippen LogP contribution in [0.2, 0.25) is 0 Å². The first kappa shape index (κ1) is 11.9. The van der Waals surface area contributed by atoms with Gasteiger partial charge in [-0.15, -0.1) is 0 Å². The molecule has 0 saturated carbocycles. The van der Waals surface area contributed by atoms with Gasteiger partial charge in [-0.25, -0.2) is 4.98 Å². The third-order valence-corrected chi connectivity index (χ3v) is 3.39. The second-order valence-corrected chi connectivity index (χ2v) is 4.78. The molecule has 0 aliphatic carbocycles. The van der Waals surface area contributed by atoms with Crippen LogP contribution in [0, 0.1) is 13.8 Å². The summed E-state index contributed by atoms with van der Waals surface area (Å²) in [4.78, 5) is 4.48. The second kappa shape index (κ2) is 4.52. The molecular weight excluding hydrogens is 238 g/mol. The van der Waals surface area contributed by atoms with Gasteiger partial charge in [0.2, 0.25) is 5.89 Å². The molecule has 3 nitrogen and oxygen atoms in total. The SMILES string of the molecule is Cc1ccc(-c2nc3ccc(CO)cc3o2)cc1C. The van der Waals surface area contributed by atoms with Gasteiger partial charge in [-0.05, 0) is 54.8 Å². The van der Waals surface area contributed by atoms with E-state index in [-0.39, 0.29) is 6.61 Å². The highest BCUT2D eigenvalue weighted by molar-refractivity contribution is 5.77. The Bertz CT molecular complexity index is 744. The number of nitrogens with zero attached hydrogens (tertiary/aromatic N) is 1. The molecular formula is C16H15NO2. The monoisotopic (exact) mass is 253 g/mol. The summed E-state index contributed by atoms with van der Waals surface area (Å²) < 4.78 is 5.77. The average Bonchev–Trinajstić information content (AvgIpc) is 2.84. The molecule has 1 heterocycles. The van der Waals surface area contributed by atoms with E-state index in [4.69, 9.17) is 9.52 Å². The predicted octanol–water partition coefficient (Wildman–Crippen LogP) is 3.60. The molecule has 0 bridgehead atoms. The fourth-order valence-corrected chi connectivity index (χ4v) is 2.07. The van der Waals surface area contributed by atoms with Gasteiger partial charge < -0.3 is 9.52 Å². The minimum atomic E-state index is 0.00954. The van der Waals surface area contributed by atoms with Gasteiger partial charge in [-0.2, -0.15) is 0 Å². The fraction of sp³-hybridized carbons (Fsp3) is 0.188. The van der Waals surface area contributed by atoms with Crippen LogP contribution in [0.25, 0.3) is 22.6 Å². The number of fused-ring (bicyclic) bond motifs is 1. The maximum atomic E-state index is 9.13. The Morgan fingerprint density at radius 1 is 1.05 bits per heavy atom. The van der Waals surface area contributed by atoms with Gasteiger partial charge in [-0.1, -0.05) is 12.1 Å². The lowest BCUT2D eigenvalue weighted by atomic mass is 10.1. The second-order valence-electron chi connectivity index (χ2n) is 4.78. The third kappa shape index (κ3) is 2.13. The summed E-state index contributed by atoms with van der Waals surface area (Å²) in [6, 6.07) is 11.7. The number of aliphatic hydroxyl groups is 1. The molecule has 0 spiro atoms.